The predicted octanol–water partition coefficient (Wildman–Crippen LogP) is 4.76. The van der Waals surface area contributed by atoms with Gasteiger partial charge in [0.1, 0.15) is 6.10 Å². The monoisotopic (exact) mass is 576 g/mol. The summed E-state index contributed by atoms with van der Waals surface area (Å²) in [5, 5.41) is 15.7. The first-order valence-corrected chi connectivity index (χ1v) is 15.7. The van der Waals surface area contributed by atoms with Crippen molar-refractivity contribution in [3.63, 3.8) is 0 Å². The molecule has 7 nitrogen and oxygen atoms in total. The van der Waals surface area contributed by atoms with Crippen LogP contribution in [0.15, 0.2) is 54.1 Å². The van der Waals surface area contributed by atoms with Crippen LogP contribution in [-0.4, -0.2) is 72.5 Å². The van der Waals surface area contributed by atoms with Crippen molar-refractivity contribution in [2.45, 2.75) is 90.2 Å². The molecule has 228 valence electrons. The molecule has 4 aliphatic carbocycles. The van der Waals surface area contributed by atoms with Crippen LogP contribution in [0.5, 0.6) is 0 Å². The number of rotatable bonds is 5. The molecule has 0 bridgehead atoms. The largest absolute Gasteiger partial charge is 0.462 e. The Morgan fingerprint density at radius 3 is 2.52 bits per heavy atom. The maximum absolute atomic E-state index is 13.2. The molecule has 0 aromatic heterocycles. The molecular formula is C35H48N2O5. The Hall–Kier alpha value is -2.48. The Labute approximate surface area is 250 Å². The van der Waals surface area contributed by atoms with E-state index in [0.717, 1.165) is 19.3 Å². The van der Waals surface area contributed by atoms with Crippen LogP contribution in [0.2, 0.25) is 0 Å². The third-order valence-corrected chi connectivity index (χ3v) is 12.5. The molecule has 42 heavy (non-hydrogen) atoms. The lowest BCUT2D eigenvalue weighted by molar-refractivity contribution is -0.150. The molecule has 6 rings (SSSR count). The summed E-state index contributed by atoms with van der Waals surface area (Å²) in [5.74, 6) is -0.113. The molecule has 7 heteroatoms. The number of fused-ring (bicyclic) bond motifs is 3. The molecule has 1 aromatic rings. The van der Waals surface area contributed by atoms with Crippen molar-refractivity contribution in [2.75, 3.05) is 20.7 Å². The first-order chi connectivity index (χ1) is 19.7. The van der Waals surface area contributed by atoms with Crippen LogP contribution in [0.25, 0.3) is 0 Å². The van der Waals surface area contributed by atoms with E-state index in [4.69, 9.17) is 9.47 Å². The number of benzene rings is 1. The molecule has 11 atom stereocenters. The number of carbonyl (C=O) groups is 2. The number of aliphatic hydroxyl groups is 1. The Kier molecular flexibility index (Phi) is 7.07. The number of allylic oxidation sites excluding steroid dienone is 1. The smallest absolute Gasteiger partial charge is 0.302 e. The highest BCUT2D eigenvalue weighted by molar-refractivity contribution is 5.94. The third-order valence-electron chi connectivity index (χ3n) is 12.5. The van der Waals surface area contributed by atoms with E-state index in [-0.39, 0.29) is 64.8 Å². The summed E-state index contributed by atoms with van der Waals surface area (Å²) in [5.41, 5.74) is 0.193. The second-order valence-electron chi connectivity index (χ2n) is 14.9. The summed E-state index contributed by atoms with van der Waals surface area (Å²) < 4.78 is 12.7. The van der Waals surface area contributed by atoms with E-state index in [0.29, 0.717) is 18.6 Å². The zero-order chi connectivity index (χ0) is 30.2. The minimum atomic E-state index is -1.06. The molecule has 2 N–H and O–H groups in total. The van der Waals surface area contributed by atoms with Gasteiger partial charge in [-0.15, -0.1) is 0 Å². The molecule has 1 aliphatic heterocycles. The van der Waals surface area contributed by atoms with Gasteiger partial charge in [0.15, 0.2) is 0 Å². The topological polar surface area (TPSA) is 88.1 Å². The zero-order valence-electron chi connectivity index (χ0n) is 26.2. The second-order valence-corrected chi connectivity index (χ2v) is 14.9. The molecule has 1 heterocycles. The number of carbonyl (C=O) groups excluding carboxylic acids is 2. The lowest BCUT2D eigenvalue weighted by Crippen LogP contribution is -2.59. The molecule has 5 aliphatic rings. The molecular weight excluding hydrogens is 528 g/mol. The maximum Gasteiger partial charge on any atom is 0.302 e. The predicted molar refractivity (Wildman–Crippen MR) is 162 cm³/mol. The van der Waals surface area contributed by atoms with Crippen molar-refractivity contribution >= 4 is 11.9 Å². The van der Waals surface area contributed by atoms with Crippen LogP contribution in [0.3, 0.4) is 0 Å². The third kappa shape index (κ3) is 4.25. The Morgan fingerprint density at radius 2 is 1.86 bits per heavy atom. The summed E-state index contributed by atoms with van der Waals surface area (Å²) >= 11 is 0. The van der Waals surface area contributed by atoms with Gasteiger partial charge in [-0.25, -0.2) is 0 Å². The number of hydrogen-bond acceptors (Lipinski definition) is 6. The van der Waals surface area contributed by atoms with Crippen molar-refractivity contribution in [1.29, 1.82) is 0 Å². The second kappa shape index (κ2) is 10.0. The standard InChI is InChI=1S/C35H48N2O5/c1-21(37(6)7)29-27(42-22(2)38)19-34(5)25-17-26-30-32(3,20-41-26)28(36-31(39)23-11-9-8-10-12-23)14-16-35(30,40)18-24(25)13-15-33(29,34)4/h8-14,16,21,25-30,40H,15,17-20H2,1-7H3,(H,36,39)/t21-,25+,26-,27+,28-,29-,30-,32-,33+,34-,35-/m0/s1. The van der Waals surface area contributed by atoms with Gasteiger partial charge in [-0.2, -0.15) is 0 Å². The van der Waals surface area contributed by atoms with Gasteiger partial charge < -0.3 is 24.8 Å². The molecule has 2 saturated carbocycles. The Morgan fingerprint density at radius 1 is 1.14 bits per heavy atom. The molecule has 0 radical (unpaired) electrons. The number of hydrogen-bond donors (Lipinski definition) is 2. The highest BCUT2D eigenvalue weighted by Crippen LogP contribution is 2.70. The Balaban J connectivity index is 1.34. The Bertz CT molecular complexity index is 1310. The van der Waals surface area contributed by atoms with Gasteiger partial charge in [0.2, 0.25) is 0 Å². The van der Waals surface area contributed by atoms with E-state index >= 15 is 0 Å². The van der Waals surface area contributed by atoms with E-state index < -0.39 is 11.0 Å². The minimum absolute atomic E-state index is 0.0902. The molecule has 3 fully saturated rings. The van der Waals surface area contributed by atoms with Crippen LogP contribution >= 0.6 is 0 Å². The average Bonchev–Trinajstić information content (AvgIpc) is 3.33. The SMILES string of the molecule is CC(=O)O[C@@H]1C[C@@]2(C)[C@@H]3C[C@@H]4OC[C@@]5(C)[C@@H](NC(=O)c6ccccc6)C=C[C@](O)(CC3=CC[C@]2(C)[C@H]1[C@H](C)N(C)C)[C@@H]45. The zero-order valence-corrected chi connectivity index (χ0v) is 26.2. The summed E-state index contributed by atoms with van der Waals surface area (Å²) in [6.07, 6.45) is 9.09. The molecule has 0 unspecified atom stereocenters. The molecule has 1 amide bonds. The maximum atomic E-state index is 13.2. The van der Waals surface area contributed by atoms with Crippen molar-refractivity contribution in [2.24, 2.45) is 34.0 Å². The minimum Gasteiger partial charge on any atom is -0.462 e. The van der Waals surface area contributed by atoms with Crippen LogP contribution in [0.1, 0.15) is 70.7 Å². The van der Waals surface area contributed by atoms with Gasteiger partial charge in [0.25, 0.3) is 5.91 Å². The number of esters is 1. The first-order valence-electron chi connectivity index (χ1n) is 15.7. The summed E-state index contributed by atoms with van der Waals surface area (Å²) in [6.45, 7) is 11.2. The van der Waals surface area contributed by atoms with Crippen LogP contribution < -0.4 is 5.32 Å². The lowest BCUT2D eigenvalue weighted by atomic mass is 9.51. The highest BCUT2D eigenvalue weighted by Gasteiger charge is 2.69. The molecule has 0 spiro atoms. The fourth-order valence-corrected chi connectivity index (χ4v) is 10.1. The fraction of sp³-hybridized carbons (Fsp3) is 0.657. The average molecular weight is 577 g/mol. The van der Waals surface area contributed by atoms with Gasteiger partial charge in [0.05, 0.1) is 24.4 Å². The first kappa shape index (κ1) is 29.6. The van der Waals surface area contributed by atoms with Crippen molar-refractivity contribution < 1.29 is 24.2 Å². The number of amides is 1. The fourth-order valence-electron chi connectivity index (χ4n) is 10.1. The number of nitrogens with one attached hydrogen (secondary N) is 1. The van der Waals surface area contributed by atoms with Gasteiger partial charge in [-0.05, 0) is 69.2 Å². The molecule has 1 saturated heterocycles. The normalized spacial score (nSPS) is 44.4. The van der Waals surface area contributed by atoms with E-state index in [2.05, 4.69) is 58.1 Å². The van der Waals surface area contributed by atoms with Crippen molar-refractivity contribution in [3.05, 3.63) is 59.7 Å². The van der Waals surface area contributed by atoms with E-state index in [1.54, 1.807) is 0 Å². The van der Waals surface area contributed by atoms with Gasteiger partial charge in [0, 0.05) is 42.2 Å². The van der Waals surface area contributed by atoms with Crippen LogP contribution in [0, 0.1) is 34.0 Å². The number of nitrogens with zero attached hydrogens (tertiary/aromatic N) is 1. The van der Waals surface area contributed by atoms with E-state index in [1.807, 2.05) is 42.5 Å². The van der Waals surface area contributed by atoms with Gasteiger partial charge in [-0.3, -0.25) is 9.59 Å². The highest BCUT2D eigenvalue weighted by atomic mass is 16.5. The van der Waals surface area contributed by atoms with Gasteiger partial charge in [-0.1, -0.05) is 62.8 Å². The summed E-state index contributed by atoms with van der Waals surface area (Å²) in [4.78, 5) is 27.7. The summed E-state index contributed by atoms with van der Waals surface area (Å²) in [7, 11) is 4.22. The van der Waals surface area contributed by atoms with Crippen molar-refractivity contribution in [3.8, 4) is 0 Å². The van der Waals surface area contributed by atoms with E-state index in [1.165, 1.54) is 12.5 Å². The number of ether oxygens (including phenoxy) is 2. The van der Waals surface area contributed by atoms with Crippen LogP contribution in [-0.2, 0) is 14.3 Å². The quantitative estimate of drug-likeness (QED) is 0.388. The van der Waals surface area contributed by atoms with E-state index in [9.17, 15) is 14.7 Å². The lowest BCUT2D eigenvalue weighted by Gasteiger charge is -2.54. The molecule has 1 aromatic carbocycles. The van der Waals surface area contributed by atoms with Crippen LogP contribution in [0.4, 0.5) is 0 Å². The van der Waals surface area contributed by atoms with Crippen molar-refractivity contribution in [1.82, 2.24) is 10.2 Å². The van der Waals surface area contributed by atoms with Gasteiger partial charge >= 0.3 is 5.97 Å². The summed E-state index contributed by atoms with van der Waals surface area (Å²) in [6, 6.07) is 9.27.